The number of hydrogen-bond donors (Lipinski definition) is 4. The molecule has 0 spiro atoms. The van der Waals surface area contributed by atoms with Crippen molar-refractivity contribution in [2.24, 2.45) is 5.73 Å². The van der Waals surface area contributed by atoms with E-state index in [2.05, 4.69) is 20.4 Å². The van der Waals surface area contributed by atoms with Crippen molar-refractivity contribution < 1.29 is 13.9 Å². The average molecular weight is 478 g/mol. The number of aromatic amines is 1. The quantitative estimate of drug-likeness (QED) is 0.226. The summed E-state index contributed by atoms with van der Waals surface area (Å²) in [7, 11) is 2.86. The van der Waals surface area contributed by atoms with Crippen LogP contribution in [0.15, 0.2) is 59.5 Å². The highest BCUT2D eigenvalue weighted by molar-refractivity contribution is 5.95. The fourth-order valence-electron chi connectivity index (χ4n) is 3.61. The van der Waals surface area contributed by atoms with Gasteiger partial charge >= 0.3 is 5.69 Å². The van der Waals surface area contributed by atoms with Crippen molar-refractivity contribution in [2.45, 2.75) is 13.0 Å². The number of aryl methyl sites for hydroxylation is 1. The number of hydrogen-bond acceptors (Lipinski definition) is 7. The van der Waals surface area contributed by atoms with E-state index in [9.17, 15) is 4.79 Å². The van der Waals surface area contributed by atoms with Gasteiger partial charge in [0, 0.05) is 29.1 Å². The first-order valence-corrected chi connectivity index (χ1v) is 10.6. The second-order valence-electron chi connectivity index (χ2n) is 7.67. The largest absolute Gasteiger partial charge is 0.493 e. The van der Waals surface area contributed by atoms with E-state index in [1.807, 2.05) is 13.0 Å². The highest BCUT2D eigenvalue weighted by atomic mass is 19.1. The first kappa shape index (κ1) is 23.5. The topological polar surface area (TPSA) is 144 Å². The predicted molar refractivity (Wildman–Crippen MR) is 129 cm³/mol. The van der Waals surface area contributed by atoms with Crippen LogP contribution >= 0.6 is 0 Å². The van der Waals surface area contributed by atoms with Gasteiger partial charge in [0.15, 0.2) is 23.1 Å². The van der Waals surface area contributed by atoms with Gasteiger partial charge in [-0.05, 0) is 48.9 Å². The number of amidine groups is 1. The summed E-state index contributed by atoms with van der Waals surface area (Å²) in [6.45, 7) is 1.81. The minimum atomic E-state index is -0.920. The van der Waals surface area contributed by atoms with Gasteiger partial charge in [0.05, 0.1) is 14.2 Å². The van der Waals surface area contributed by atoms with Crippen LogP contribution in [0, 0.1) is 18.2 Å². The monoisotopic (exact) mass is 477 g/mol. The molecule has 0 amide bonds. The maximum Gasteiger partial charge on any atom is 0.349 e. The molecule has 0 fully saturated rings. The third-order valence-electron chi connectivity index (χ3n) is 5.41. The number of halogens is 1. The van der Waals surface area contributed by atoms with Gasteiger partial charge in [0.2, 0.25) is 0 Å². The van der Waals surface area contributed by atoms with E-state index in [1.165, 1.54) is 26.4 Å². The van der Waals surface area contributed by atoms with Gasteiger partial charge in [-0.3, -0.25) is 10.4 Å². The van der Waals surface area contributed by atoms with E-state index in [-0.39, 0.29) is 23.0 Å². The number of ether oxygens (including phenoxy) is 2. The number of nitrogen functional groups attached to an aromatic ring is 1. The van der Waals surface area contributed by atoms with Crippen molar-refractivity contribution in [3.05, 3.63) is 93.5 Å². The number of methoxy groups -OCH3 is 2. The Bertz CT molecular complexity index is 1430. The van der Waals surface area contributed by atoms with E-state index in [4.69, 9.17) is 20.6 Å². The maximum absolute atomic E-state index is 15.3. The van der Waals surface area contributed by atoms with Gasteiger partial charge in [-0.15, -0.1) is 5.10 Å². The summed E-state index contributed by atoms with van der Waals surface area (Å²) >= 11 is 0. The maximum atomic E-state index is 15.3. The third-order valence-corrected chi connectivity index (χ3v) is 5.41. The smallest absolute Gasteiger partial charge is 0.349 e. The van der Waals surface area contributed by atoms with E-state index in [1.54, 1.807) is 36.5 Å². The zero-order valence-corrected chi connectivity index (χ0v) is 19.3. The number of H-pyrrole nitrogens is 1. The van der Waals surface area contributed by atoms with Crippen molar-refractivity contribution in [3.63, 3.8) is 0 Å². The molecule has 5 N–H and O–H groups in total. The Kier molecular flexibility index (Phi) is 6.49. The van der Waals surface area contributed by atoms with Crippen LogP contribution < -0.4 is 26.2 Å². The van der Waals surface area contributed by atoms with E-state index >= 15 is 4.39 Å². The molecule has 35 heavy (non-hydrogen) atoms. The molecule has 0 aliphatic rings. The number of nitrogens with zero attached hydrogens (tertiary/aromatic N) is 3. The molecule has 2 aromatic carbocycles. The molecule has 10 nitrogen and oxygen atoms in total. The second kappa shape index (κ2) is 9.67. The van der Waals surface area contributed by atoms with Gasteiger partial charge in [-0.2, -0.15) is 4.68 Å². The Morgan fingerprint density at radius 3 is 2.49 bits per heavy atom. The summed E-state index contributed by atoms with van der Waals surface area (Å²) in [5.74, 6) is 0.378. The lowest BCUT2D eigenvalue weighted by molar-refractivity contribution is 0.351. The van der Waals surface area contributed by atoms with E-state index < -0.39 is 17.5 Å². The van der Waals surface area contributed by atoms with Crippen molar-refractivity contribution in [2.75, 3.05) is 19.5 Å². The lowest BCUT2D eigenvalue weighted by atomic mass is 10.0. The van der Waals surface area contributed by atoms with Gasteiger partial charge in [0.25, 0.3) is 0 Å². The molecule has 2 heterocycles. The number of rotatable bonds is 8. The molecule has 180 valence electrons. The number of benzene rings is 2. The molecular weight excluding hydrogens is 453 g/mol. The standard InChI is InChI=1S/C24H24FN7O3/c1-13-5-4-10-28-23(13)32-24(33)30-22(31-32)20(29-15-8-6-14(7-9-15)21(26)27)16-11-18(34-2)19(35-3)12-17(16)25/h4-12,20,29H,1-3H3,(H3,26,27)(H,30,31,33). The molecule has 0 saturated carbocycles. The first-order chi connectivity index (χ1) is 16.8. The summed E-state index contributed by atoms with van der Waals surface area (Å²) < 4.78 is 27.0. The normalized spacial score (nSPS) is 11.7. The Morgan fingerprint density at radius 2 is 1.86 bits per heavy atom. The highest BCUT2D eigenvalue weighted by Gasteiger charge is 2.26. The molecule has 0 bridgehead atoms. The van der Waals surface area contributed by atoms with E-state index in [0.29, 0.717) is 22.8 Å². The summed E-state index contributed by atoms with van der Waals surface area (Å²) in [5, 5.41) is 15.2. The van der Waals surface area contributed by atoms with Gasteiger partial charge in [-0.25, -0.2) is 14.2 Å². The zero-order chi connectivity index (χ0) is 25.1. The molecule has 0 aliphatic heterocycles. The molecule has 0 saturated heterocycles. The Balaban J connectivity index is 1.84. The molecule has 2 aromatic heterocycles. The fourth-order valence-corrected chi connectivity index (χ4v) is 3.61. The third kappa shape index (κ3) is 4.69. The number of pyridine rings is 1. The van der Waals surface area contributed by atoms with Crippen LogP contribution in [0.5, 0.6) is 11.5 Å². The molecule has 1 unspecified atom stereocenters. The summed E-state index contributed by atoms with van der Waals surface area (Å²) in [6, 6.07) is 12.0. The Labute approximate surface area is 200 Å². The van der Waals surface area contributed by atoms with Crippen molar-refractivity contribution in [1.82, 2.24) is 19.7 Å². The average Bonchev–Trinajstić information content (AvgIpc) is 3.24. The Morgan fingerprint density at radius 1 is 1.17 bits per heavy atom. The van der Waals surface area contributed by atoms with Crippen LogP contribution in [0.3, 0.4) is 0 Å². The van der Waals surface area contributed by atoms with Crippen molar-refractivity contribution >= 4 is 11.5 Å². The van der Waals surface area contributed by atoms with Gasteiger partial charge in [-0.1, -0.05) is 6.07 Å². The molecule has 11 heteroatoms. The summed E-state index contributed by atoms with van der Waals surface area (Å²) in [5.41, 5.74) is 7.04. The molecule has 4 aromatic rings. The highest BCUT2D eigenvalue weighted by Crippen LogP contribution is 2.35. The summed E-state index contributed by atoms with van der Waals surface area (Å²) in [6.07, 6.45) is 1.56. The number of anilines is 1. The van der Waals surface area contributed by atoms with Crippen molar-refractivity contribution in [3.8, 4) is 17.3 Å². The second-order valence-corrected chi connectivity index (χ2v) is 7.67. The van der Waals surface area contributed by atoms with Gasteiger partial charge in [0.1, 0.15) is 17.7 Å². The van der Waals surface area contributed by atoms with Crippen LogP contribution in [0.2, 0.25) is 0 Å². The lowest BCUT2D eigenvalue weighted by Gasteiger charge is -2.20. The van der Waals surface area contributed by atoms with Crippen LogP contribution in [0.25, 0.3) is 5.82 Å². The zero-order valence-electron chi connectivity index (χ0n) is 19.3. The number of nitrogens with two attached hydrogens (primary N) is 1. The van der Waals surface area contributed by atoms with Crippen molar-refractivity contribution in [1.29, 1.82) is 5.41 Å². The van der Waals surface area contributed by atoms with Crippen LogP contribution in [0.4, 0.5) is 10.1 Å². The molecule has 1 atom stereocenters. The van der Waals surface area contributed by atoms with Crippen LogP contribution in [0.1, 0.15) is 28.6 Å². The van der Waals surface area contributed by atoms with Gasteiger partial charge < -0.3 is 20.5 Å². The lowest BCUT2D eigenvalue weighted by Crippen LogP contribution is -2.18. The number of nitrogens with one attached hydrogen (secondary N) is 3. The molecule has 0 aliphatic carbocycles. The van der Waals surface area contributed by atoms with Crippen LogP contribution in [-0.2, 0) is 0 Å². The van der Waals surface area contributed by atoms with Crippen LogP contribution in [-0.4, -0.2) is 39.8 Å². The minimum Gasteiger partial charge on any atom is -0.493 e. The predicted octanol–water partition coefficient (Wildman–Crippen LogP) is 2.91. The number of aromatic nitrogens is 4. The first-order valence-electron chi connectivity index (χ1n) is 10.6. The van der Waals surface area contributed by atoms with E-state index in [0.717, 1.165) is 10.2 Å². The summed E-state index contributed by atoms with van der Waals surface area (Å²) in [4.78, 5) is 19.8. The minimum absolute atomic E-state index is 0.0761. The Hall–Kier alpha value is -4.67. The molecule has 0 radical (unpaired) electrons. The molecule has 4 rings (SSSR count). The fraction of sp³-hybridized carbons (Fsp3) is 0.167. The SMILES string of the molecule is COc1cc(F)c(C(Nc2ccc(C(=N)N)cc2)c2nn(-c3ncccc3C)c(=O)[nH]2)cc1OC. The molecular formula is C24H24FN7O3.